The number of carbonyl (C=O) groups is 1. The van der Waals surface area contributed by atoms with Crippen LogP contribution in [0.25, 0.3) is 0 Å². The smallest absolute Gasteiger partial charge is 0.410 e. The minimum Gasteiger partial charge on any atom is -0.445 e. The number of carbonyl (C=O) groups excluding carboxylic acids is 1. The van der Waals surface area contributed by atoms with Crippen LogP contribution in [0.1, 0.15) is 12.5 Å². The van der Waals surface area contributed by atoms with Crippen molar-refractivity contribution in [2.45, 2.75) is 13.5 Å². The second-order valence-corrected chi connectivity index (χ2v) is 6.80. The molecule has 0 spiro atoms. The van der Waals surface area contributed by atoms with Gasteiger partial charge in [-0.05, 0) is 17.4 Å². The van der Waals surface area contributed by atoms with Crippen molar-refractivity contribution >= 4 is 16.3 Å². The van der Waals surface area contributed by atoms with Gasteiger partial charge in [0.2, 0.25) is 0 Å². The molecule has 5 nitrogen and oxygen atoms in total. The van der Waals surface area contributed by atoms with E-state index in [0.717, 1.165) is 5.56 Å². The first kappa shape index (κ1) is 15.8. The normalized spacial score (nSPS) is 22.3. The molecule has 0 radical (unpaired) electrons. The lowest BCUT2D eigenvalue weighted by Gasteiger charge is -2.16. The second kappa shape index (κ2) is 6.43. The van der Waals surface area contributed by atoms with Gasteiger partial charge in [-0.1, -0.05) is 37.3 Å². The number of ether oxygens (including phenoxy) is 1. The summed E-state index contributed by atoms with van der Waals surface area (Å²) >= 11 is 0. The number of hydrogen-bond acceptors (Lipinski definition) is 4. The first-order chi connectivity index (χ1) is 9.85. The standard InChI is InChI=1S/C14H18FNO4S/c1-11-7-16(8-13(11)10-21(15,18)19)14(17)20-9-12-5-3-2-4-6-12/h2-6,11,13H,7-10H2,1H3. The Morgan fingerprint density at radius 2 is 2.00 bits per heavy atom. The fraction of sp³-hybridized carbons (Fsp3) is 0.500. The van der Waals surface area contributed by atoms with Crippen LogP contribution in [0, 0.1) is 11.8 Å². The Kier molecular flexibility index (Phi) is 4.82. The van der Waals surface area contributed by atoms with Crippen LogP contribution in [-0.4, -0.2) is 38.3 Å². The van der Waals surface area contributed by atoms with Crippen LogP contribution in [-0.2, 0) is 21.6 Å². The summed E-state index contributed by atoms with van der Waals surface area (Å²) in [6.45, 7) is 2.56. The van der Waals surface area contributed by atoms with E-state index >= 15 is 0 Å². The number of hydrogen-bond donors (Lipinski definition) is 0. The van der Waals surface area contributed by atoms with Crippen molar-refractivity contribution in [2.24, 2.45) is 11.8 Å². The van der Waals surface area contributed by atoms with E-state index < -0.39 is 22.1 Å². The molecular weight excluding hydrogens is 297 g/mol. The first-order valence-corrected chi connectivity index (χ1v) is 8.28. The molecule has 116 valence electrons. The summed E-state index contributed by atoms with van der Waals surface area (Å²) in [6, 6.07) is 9.26. The lowest BCUT2D eigenvalue weighted by atomic mass is 10.0. The highest BCUT2D eigenvalue weighted by Crippen LogP contribution is 2.25. The van der Waals surface area contributed by atoms with Gasteiger partial charge in [-0.15, -0.1) is 3.89 Å². The minimum atomic E-state index is -4.52. The molecule has 1 aliphatic rings. The van der Waals surface area contributed by atoms with Crippen molar-refractivity contribution in [3.05, 3.63) is 35.9 Å². The summed E-state index contributed by atoms with van der Waals surface area (Å²) in [7, 11) is -4.52. The Bertz CT molecular complexity index is 590. The van der Waals surface area contributed by atoms with Crippen LogP contribution in [0.2, 0.25) is 0 Å². The fourth-order valence-corrected chi connectivity index (χ4v) is 3.41. The van der Waals surface area contributed by atoms with E-state index in [1.807, 2.05) is 30.3 Å². The van der Waals surface area contributed by atoms with Gasteiger partial charge >= 0.3 is 16.3 Å². The molecule has 1 amide bonds. The number of halogens is 1. The quantitative estimate of drug-likeness (QED) is 0.799. The number of benzene rings is 1. The minimum absolute atomic E-state index is 0.0696. The Morgan fingerprint density at radius 3 is 2.62 bits per heavy atom. The largest absolute Gasteiger partial charge is 0.445 e. The van der Waals surface area contributed by atoms with E-state index in [4.69, 9.17) is 4.74 Å². The highest BCUT2D eigenvalue weighted by molar-refractivity contribution is 7.86. The summed E-state index contributed by atoms with van der Waals surface area (Å²) in [5, 5.41) is 0. The fourth-order valence-electron chi connectivity index (χ4n) is 2.47. The zero-order valence-electron chi connectivity index (χ0n) is 11.7. The highest BCUT2D eigenvalue weighted by atomic mass is 32.3. The molecule has 1 aliphatic heterocycles. The molecule has 1 fully saturated rings. The molecule has 1 aromatic carbocycles. The first-order valence-electron chi connectivity index (χ1n) is 6.73. The molecule has 2 unspecified atom stereocenters. The van der Waals surface area contributed by atoms with Gasteiger partial charge in [0, 0.05) is 13.1 Å². The molecule has 0 aliphatic carbocycles. The monoisotopic (exact) mass is 315 g/mol. The van der Waals surface area contributed by atoms with Crippen molar-refractivity contribution in [3.63, 3.8) is 0 Å². The van der Waals surface area contributed by atoms with Crippen LogP contribution in [0.15, 0.2) is 30.3 Å². The van der Waals surface area contributed by atoms with Gasteiger partial charge in [-0.3, -0.25) is 0 Å². The van der Waals surface area contributed by atoms with E-state index in [0.29, 0.717) is 6.54 Å². The molecule has 0 aromatic heterocycles. The molecule has 0 bridgehead atoms. The topological polar surface area (TPSA) is 63.7 Å². The van der Waals surface area contributed by atoms with Crippen molar-refractivity contribution in [2.75, 3.05) is 18.8 Å². The predicted molar refractivity (Wildman–Crippen MR) is 75.7 cm³/mol. The zero-order chi connectivity index (χ0) is 15.5. The van der Waals surface area contributed by atoms with Crippen molar-refractivity contribution in [3.8, 4) is 0 Å². The maximum absolute atomic E-state index is 12.7. The van der Waals surface area contributed by atoms with Crippen LogP contribution in [0.4, 0.5) is 8.68 Å². The maximum atomic E-state index is 12.7. The van der Waals surface area contributed by atoms with E-state index in [-0.39, 0.29) is 25.0 Å². The van der Waals surface area contributed by atoms with Gasteiger partial charge in [0.15, 0.2) is 0 Å². The molecule has 1 heterocycles. The molecule has 2 atom stereocenters. The Balaban J connectivity index is 1.87. The second-order valence-electron chi connectivity index (χ2n) is 5.39. The van der Waals surface area contributed by atoms with Gasteiger partial charge in [0.05, 0.1) is 5.75 Å². The number of nitrogens with zero attached hydrogens (tertiary/aromatic N) is 1. The summed E-state index contributed by atoms with van der Waals surface area (Å²) < 4.78 is 39.4. The molecule has 0 saturated carbocycles. The third-order valence-corrected chi connectivity index (χ3v) is 4.47. The Hall–Kier alpha value is -1.63. The predicted octanol–water partition coefficient (Wildman–Crippen LogP) is 2.19. The zero-order valence-corrected chi connectivity index (χ0v) is 12.6. The van der Waals surface area contributed by atoms with E-state index in [2.05, 4.69) is 0 Å². The maximum Gasteiger partial charge on any atom is 0.410 e. The average Bonchev–Trinajstić information content (AvgIpc) is 2.77. The summed E-state index contributed by atoms with van der Waals surface area (Å²) in [5.41, 5.74) is 0.876. The third-order valence-electron chi connectivity index (χ3n) is 3.64. The SMILES string of the molecule is CC1CN(C(=O)OCc2ccccc2)CC1CS(=O)(=O)F. The van der Waals surface area contributed by atoms with Crippen molar-refractivity contribution in [1.29, 1.82) is 0 Å². The highest BCUT2D eigenvalue weighted by Gasteiger charge is 2.36. The van der Waals surface area contributed by atoms with E-state index in [1.54, 1.807) is 6.92 Å². The molecule has 1 saturated heterocycles. The van der Waals surface area contributed by atoms with Gasteiger partial charge < -0.3 is 9.64 Å². The number of likely N-dealkylation sites (tertiary alicyclic amines) is 1. The number of rotatable bonds is 4. The Morgan fingerprint density at radius 1 is 1.33 bits per heavy atom. The van der Waals surface area contributed by atoms with Crippen molar-refractivity contribution < 1.29 is 21.8 Å². The molecule has 7 heteroatoms. The molecular formula is C14H18FNO4S. The van der Waals surface area contributed by atoms with Gasteiger partial charge in [-0.25, -0.2) is 4.79 Å². The molecule has 2 rings (SSSR count). The van der Waals surface area contributed by atoms with Crippen LogP contribution in [0.5, 0.6) is 0 Å². The van der Waals surface area contributed by atoms with Gasteiger partial charge in [0.1, 0.15) is 6.61 Å². The summed E-state index contributed by atoms with van der Waals surface area (Å²) in [5.74, 6) is -1.000. The lowest BCUT2D eigenvalue weighted by Crippen LogP contribution is -2.30. The van der Waals surface area contributed by atoms with E-state index in [1.165, 1.54) is 4.90 Å². The lowest BCUT2D eigenvalue weighted by molar-refractivity contribution is 0.102. The molecule has 21 heavy (non-hydrogen) atoms. The third kappa shape index (κ3) is 4.70. The number of amides is 1. The van der Waals surface area contributed by atoms with Crippen LogP contribution in [0.3, 0.4) is 0 Å². The van der Waals surface area contributed by atoms with Gasteiger partial charge in [0.25, 0.3) is 0 Å². The van der Waals surface area contributed by atoms with Gasteiger partial charge in [-0.2, -0.15) is 8.42 Å². The summed E-state index contributed by atoms with van der Waals surface area (Å²) in [4.78, 5) is 13.4. The summed E-state index contributed by atoms with van der Waals surface area (Å²) in [6.07, 6.45) is -0.496. The van der Waals surface area contributed by atoms with Crippen LogP contribution < -0.4 is 0 Å². The molecule has 0 N–H and O–H groups in total. The molecule has 1 aromatic rings. The Labute approximate surface area is 123 Å². The van der Waals surface area contributed by atoms with Crippen LogP contribution >= 0.6 is 0 Å². The average molecular weight is 315 g/mol. The van der Waals surface area contributed by atoms with E-state index in [9.17, 15) is 17.1 Å². The van der Waals surface area contributed by atoms with Crippen molar-refractivity contribution in [1.82, 2.24) is 4.90 Å².